The van der Waals surface area contributed by atoms with Crippen LogP contribution in [0.1, 0.15) is 22.3 Å². The summed E-state index contributed by atoms with van der Waals surface area (Å²) in [4.78, 5) is 24.3. The summed E-state index contributed by atoms with van der Waals surface area (Å²) in [6.07, 6.45) is -0.178. The standard InChI is InChI=1S/C13H11FN2O5S/c14-22(20,21)7-9-4-12(17)16(6-9)11-2-1-8(5-15)3-10(11)13(18)19/h1-3,9H,4,6-7H2,(H,18,19). The Morgan fingerprint density at radius 3 is 2.73 bits per heavy atom. The number of halogens is 1. The number of anilines is 1. The number of hydrogen-bond donors (Lipinski definition) is 1. The highest BCUT2D eigenvalue weighted by molar-refractivity contribution is 7.86. The van der Waals surface area contributed by atoms with Crippen molar-refractivity contribution in [2.24, 2.45) is 5.92 Å². The molecule has 1 saturated heterocycles. The molecule has 1 aliphatic rings. The van der Waals surface area contributed by atoms with Crippen LogP contribution >= 0.6 is 0 Å². The average molecular weight is 326 g/mol. The van der Waals surface area contributed by atoms with Crippen LogP contribution in [-0.2, 0) is 15.0 Å². The monoisotopic (exact) mass is 326 g/mol. The highest BCUT2D eigenvalue weighted by Gasteiger charge is 2.35. The van der Waals surface area contributed by atoms with Crippen molar-refractivity contribution >= 4 is 27.8 Å². The summed E-state index contributed by atoms with van der Waals surface area (Å²) in [7, 11) is -4.71. The molecule has 1 unspecified atom stereocenters. The maximum atomic E-state index is 12.7. The van der Waals surface area contributed by atoms with Crippen LogP contribution in [0.3, 0.4) is 0 Å². The van der Waals surface area contributed by atoms with Crippen LogP contribution < -0.4 is 4.90 Å². The largest absolute Gasteiger partial charge is 0.478 e. The summed E-state index contributed by atoms with van der Waals surface area (Å²) in [5.74, 6) is -3.32. The number of aromatic carboxylic acids is 1. The number of hydrogen-bond acceptors (Lipinski definition) is 5. The molecule has 9 heteroatoms. The first-order chi connectivity index (χ1) is 10.2. The van der Waals surface area contributed by atoms with Crippen molar-refractivity contribution in [1.29, 1.82) is 5.26 Å². The molecule has 1 amide bonds. The minimum Gasteiger partial charge on any atom is -0.478 e. The summed E-state index contributed by atoms with van der Waals surface area (Å²) < 4.78 is 34.1. The molecule has 1 N–H and O–H groups in total. The van der Waals surface area contributed by atoms with Crippen LogP contribution in [0.4, 0.5) is 9.57 Å². The smallest absolute Gasteiger partial charge is 0.337 e. The van der Waals surface area contributed by atoms with Gasteiger partial charge < -0.3 is 10.0 Å². The van der Waals surface area contributed by atoms with E-state index in [0.717, 1.165) is 11.0 Å². The zero-order valence-electron chi connectivity index (χ0n) is 11.2. The minimum absolute atomic E-state index is 0.0651. The first-order valence-electron chi connectivity index (χ1n) is 6.21. The zero-order valence-corrected chi connectivity index (χ0v) is 12.0. The van der Waals surface area contributed by atoms with Gasteiger partial charge in [-0.25, -0.2) is 4.79 Å². The number of carboxylic acid groups (broad SMARTS) is 1. The lowest BCUT2D eigenvalue weighted by Crippen LogP contribution is -2.27. The molecular formula is C13H11FN2O5S. The quantitative estimate of drug-likeness (QED) is 0.822. The zero-order chi connectivity index (χ0) is 16.5. The van der Waals surface area contributed by atoms with Crippen molar-refractivity contribution in [3.8, 4) is 6.07 Å². The van der Waals surface area contributed by atoms with E-state index in [1.54, 1.807) is 6.07 Å². The Morgan fingerprint density at radius 1 is 1.50 bits per heavy atom. The molecule has 0 aromatic heterocycles. The van der Waals surface area contributed by atoms with Crippen LogP contribution in [0.2, 0.25) is 0 Å². The van der Waals surface area contributed by atoms with Crippen molar-refractivity contribution in [2.45, 2.75) is 6.42 Å². The number of carbonyl (C=O) groups is 2. The summed E-state index contributed by atoms with van der Waals surface area (Å²) >= 11 is 0. The predicted molar refractivity (Wildman–Crippen MR) is 73.5 cm³/mol. The molecule has 1 fully saturated rings. The number of nitriles is 1. The number of benzene rings is 1. The molecule has 0 radical (unpaired) electrons. The minimum atomic E-state index is -4.71. The van der Waals surface area contributed by atoms with Gasteiger partial charge in [-0.3, -0.25) is 4.79 Å². The molecule has 0 spiro atoms. The van der Waals surface area contributed by atoms with E-state index >= 15 is 0 Å². The summed E-state index contributed by atoms with van der Waals surface area (Å²) in [5, 5.41) is 18.0. The van der Waals surface area contributed by atoms with Crippen molar-refractivity contribution in [3.63, 3.8) is 0 Å². The SMILES string of the molecule is N#Cc1ccc(N2CC(CS(=O)(=O)F)CC2=O)c(C(=O)O)c1. The van der Waals surface area contributed by atoms with Crippen LogP contribution in [0.15, 0.2) is 18.2 Å². The summed E-state index contributed by atoms with van der Waals surface area (Å²) in [5.41, 5.74) is -0.0536. The van der Waals surface area contributed by atoms with Crippen molar-refractivity contribution in [2.75, 3.05) is 17.2 Å². The fourth-order valence-electron chi connectivity index (χ4n) is 2.42. The Morgan fingerprint density at radius 2 is 2.18 bits per heavy atom. The lowest BCUT2D eigenvalue weighted by molar-refractivity contribution is -0.117. The number of amides is 1. The van der Waals surface area contributed by atoms with E-state index in [1.807, 2.05) is 0 Å². The van der Waals surface area contributed by atoms with E-state index in [0.29, 0.717) is 0 Å². The predicted octanol–water partition coefficient (Wildman–Crippen LogP) is 0.909. The molecule has 7 nitrogen and oxygen atoms in total. The fraction of sp³-hybridized carbons (Fsp3) is 0.308. The molecule has 0 saturated carbocycles. The van der Waals surface area contributed by atoms with Gasteiger partial charge in [0.1, 0.15) is 0 Å². The van der Waals surface area contributed by atoms with Crippen molar-refractivity contribution in [3.05, 3.63) is 29.3 Å². The molecule has 1 heterocycles. The normalized spacial score (nSPS) is 18.3. The summed E-state index contributed by atoms with van der Waals surface area (Å²) in [6, 6.07) is 5.59. The molecule has 1 atom stereocenters. The number of nitrogens with zero attached hydrogens (tertiary/aromatic N) is 2. The second-order valence-electron chi connectivity index (χ2n) is 4.93. The third kappa shape index (κ3) is 3.40. The first-order valence-corrected chi connectivity index (χ1v) is 7.76. The van der Waals surface area contributed by atoms with Crippen molar-refractivity contribution < 1.29 is 27.0 Å². The Kier molecular flexibility index (Phi) is 4.14. The molecule has 1 aromatic carbocycles. The van der Waals surface area contributed by atoms with E-state index in [1.165, 1.54) is 12.1 Å². The highest BCUT2D eigenvalue weighted by atomic mass is 32.3. The molecule has 22 heavy (non-hydrogen) atoms. The van der Waals surface area contributed by atoms with Gasteiger partial charge in [0.25, 0.3) is 0 Å². The van der Waals surface area contributed by atoms with Gasteiger partial charge in [-0.15, -0.1) is 3.89 Å². The van der Waals surface area contributed by atoms with Gasteiger partial charge in [0.15, 0.2) is 0 Å². The van der Waals surface area contributed by atoms with E-state index < -0.39 is 33.8 Å². The van der Waals surface area contributed by atoms with Gasteiger partial charge in [-0.05, 0) is 18.2 Å². The van der Waals surface area contributed by atoms with Crippen LogP contribution in [0.5, 0.6) is 0 Å². The van der Waals surface area contributed by atoms with Gasteiger partial charge in [0.05, 0.1) is 28.6 Å². The van der Waals surface area contributed by atoms with Gasteiger partial charge in [0.2, 0.25) is 5.91 Å². The lowest BCUT2D eigenvalue weighted by atomic mass is 10.1. The number of carbonyl (C=O) groups excluding carboxylic acids is 1. The molecule has 1 aliphatic heterocycles. The second-order valence-corrected chi connectivity index (χ2v) is 6.34. The van der Waals surface area contributed by atoms with E-state index in [2.05, 4.69) is 0 Å². The maximum Gasteiger partial charge on any atom is 0.337 e. The van der Waals surface area contributed by atoms with Gasteiger partial charge in [-0.1, -0.05) is 0 Å². The van der Waals surface area contributed by atoms with Crippen LogP contribution in [-0.4, -0.2) is 37.7 Å². The van der Waals surface area contributed by atoms with Gasteiger partial charge in [0, 0.05) is 18.9 Å². The third-order valence-corrected chi connectivity index (χ3v) is 4.16. The molecule has 1 aromatic rings. The van der Waals surface area contributed by atoms with E-state index in [-0.39, 0.29) is 29.8 Å². The summed E-state index contributed by atoms with van der Waals surface area (Å²) in [6.45, 7) is -0.0891. The number of rotatable bonds is 4. The Bertz CT molecular complexity index is 784. The second kappa shape index (κ2) is 5.73. The first kappa shape index (κ1) is 15.9. The lowest BCUT2D eigenvalue weighted by Gasteiger charge is -2.19. The Hall–Kier alpha value is -2.47. The van der Waals surface area contributed by atoms with Gasteiger partial charge in [-0.2, -0.15) is 13.7 Å². The van der Waals surface area contributed by atoms with E-state index in [4.69, 9.17) is 5.26 Å². The maximum absolute atomic E-state index is 12.7. The van der Waals surface area contributed by atoms with Gasteiger partial charge >= 0.3 is 16.2 Å². The van der Waals surface area contributed by atoms with Crippen LogP contribution in [0.25, 0.3) is 0 Å². The molecule has 116 valence electrons. The Labute approximate surface area is 125 Å². The fourth-order valence-corrected chi connectivity index (χ4v) is 3.21. The highest BCUT2D eigenvalue weighted by Crippen LogP contribution is 2.29. The molecular weight excluding hydrogens is 315 g/mol. The molecule has 2 rings (SSSR count). The van der Waals surface area contributed by atoms with E-state index in [9.17, 15) is 27.0 Å². The Balaban J connectivity index is 2.35. The average Bonchev–Trinajstić information content (AvgIpc) is 2.76. The third-order valence-electron chi connectivity index (χ3n) is 3.29. The van der Waals surface area contributed by atoms with Crippen molar-refractivity contribution in [1.82, 2.24) is 0 Å². The topological polar surface area (TPSA) is 116 Å². The molecule has 0 aliphatic carbocycles. The molecule has 0 bridgehead atoms. The van der Waals surface area contributed by atoms with Crippen LogP contribution in [0, 0.1) is 17.2 Å². The number of carboxylic acids is 1.